The van der Waals surface area contributed by atoms with Crippen LogP contribution in [0.3, 0.4) is 0 Å². The van der Waals surface area contributed by atoms with Gasteiger partial charge in [-0.05, 0) is 56.9 Å². The van der Waals surface area contributed by atoms with Crippen LogP contribution in [0.5, 0.6) is 0 Å². The number of hydrogen-bond donors (Lipinski definition) is 0. The number of ketones is 1. The summed E-state index contributed by atoms with van der Waals surface area (Å²) in [7, 11) is 1.85. The molecule has 6 heterocycles. The molecule has 1 fully saturated rings. The quantitative estimate of drug-likeness (QED) is 0.309. The van der Waals surface area contributed by atoms with E-state index in [0.717, 1.165) is 51.0 Å². The van der Waals surface area contributed by atoms with Gasteiger partial charge < -0.3 is 9.30 Å². The number of carbonyl (C=O) groups excluding carboxylic acids is 1. The Hall–Kier alpha value is -3.50. The molecule has 0 aliphatic carbocycles. The van der Waals surface area contributed by atoms with E-state index in [1.165, 1.54) is 17.4 Å². The third-order valence-corrected chi connectivity index (χ3v) is 8.22. The number of thiophene rings is 1. The molecule has 1 atom stereocenters. The first-order valence-corrected chi connectivity index (χ1v) is 12.7. The third-order valence-electron chi connectivity index (χ3n) is 6.99. The number of carbonyl (C=O) groups is 1. The number of pyridine rings is 2. The predicted molar refractivity (Wildman–Crippen MR) is 136 cm³/mol. The van der Waals surface area contributed by atoms with Crippen LogP contribution in [0, 0.1) is 18.7 Å². The van der Waals surface area contributed by atoms with Crippen molar-refractivity contribution in [2.75, 3.05) is 13.2 Å². The van der Waals surface area contributed by atoms with Gasteiger partial charge in [-0.2, -0.15) is 0 Å². The second-order valence-corrected chi connectivity index (χ2v) is 10.3. The Morgan fingerprint density at radius 1 is 1.22 bits per heavy atom. The molecule has 1 aliphatic heterocycles. The fourth-order valence-corrected chi connectivity index (χ4v) is 6.38. The van der Waals surface area contributed by atoms with Crippen LogP contribution in [0.2, 0.25) is 0 Å². The Bertz CT molecular complexity index is 1590. The molecule has 0 aromatic carbocycles. The molecule has 36 heavy (non-hydrogen) atoms. The van der Waals surface area contributed by atoms with Gasteiger partial charge in [0.1, 0.15) is 11.3 Å². The van der Waals surface area contributed by atoms with Crippen molar-refractivity contribution < 1.29 is 13.9 Å². The van der Waals surface area contributed by atoms with Gasteiger partial charge in [0.05, 0.1) is 43.7 Å². The Kier molecular flexibility index (Phi) is 5.65. The molecule has 8 nitrogen and oxygen atoms in total. The summed E-state index contributed by atoms with van der Waals surface area (Å²) in [4.78, 5) is 22.3. The number of ether oxygens (including phenoxy) is 1. The van der Waals surface area contributed by atoms with E-state index in [2.05, 4.69) is 25.9 Å². The lowest BCUT2D eigenvalue weighted by Gasteiger charge is -2.32. The molecule has 10 heteroatoms. The normalized spacial score (nSPS) is 15.7. The highest BCUT2D eigenvalue weighted by Gasteiger charge is 2.33. The number of hydrogen-bond acceptors (Lipinski definition) is 7. The van der Waals surface area contributed by atoms with Crippen molar-refractivity contribution in [2.45, 2.75) is 32.7 Å². The van der Waals surface area contributed by atoms with Crippen molar-refractivity contribution in [3.05, 3.63) is 58.7 Å². The van der Waals surface area contributed by atoms with Gasteiger partial charge in [-0.1, -0.05) is 5.21 Å². The Balaban J connectivity index is 1.68. The van der Waals surface area contributed by atoms with Crippen LogP contribution in [-0.4, -0.2) is 48.5 Å². The molecule has 6 rings (SSSR count). The molecule has 0 bridgehead atoms. The second kappa shape index (κ2) is 8.86. The summed E-state index contributed by atoms with van der Waals surface area (Å²) in [5, 5.41) is 8.35. The van der Waals surface area contributed by atoms with Crippen molar-refractivity contribution >= 4 is 38.4 Å². The predicted octanol–water partition coefficient (Wildman–Crippen LogP) is 5.11. The number of halogens is 1. The smallest absolute Gasteiger partial charge is 0.169 e. The lowest BCUT2D eigenvalue weighted by molar-refractivity contribution is 0.0543. The van der Waals surface area contributed by atoms with Crippen molar-refractivity contribution in [3.63, 3.8) is 0 Å². The zero-order valence-electron chi connectivity index (χ0n) is 20.2. The van der Waals surface area contributed by atoms with Crippen LogP contribution in [0.25, 0.3) is 32.5 Å². The third kappa shape index (κ3) is 3.63. The van der Waals surface area contributed by atoms with E-state index >= 15 is 4.39 Å². The summed E-state index contributed by atoms with van der Waals surface area (Å²) < 4.78 is 25.8. The van der Waals surface area contributed by atoms with E-state index in [1.54, 1.807) is 23.9 Å². The Morgan fingerprint density at radius 2 is 2.03 bits per heavy atom. The first-order chi connectivity index (χ1) is 17.4. The number of aryl methyl sites for hydroxylation is 2. The monoisotopic (exact) mass is 504 g/mol. The van der Waals surface area contributed by atoms with E-state index in [1.807, 2.05) is 26.2 Å². The van der Waals surface area contributed by atoms with E-state index < -0.39 is 0 Å². The minimum absolute atomic E-state index is 0.00395. The molecule has 1 aliphatic rings. The highest BCUT2D eigenvalue weighted by molar-refractivity contribution is 7.21. The fraction of sp³-hybridized carbons (Fsp3) is 0.346. The number of Topliss-reactive ketones (excluding diaryl/α,β-unsaturated/α-hetero) is 1. The molecule has 0 amide bonds. The van der Waals surface area contributed by atoms with Crippen molar-refractivity contribution in [1.82, 2.24) is 29.5 Å². The molecule has 1 unspecified atom stereocenters. The summed E-state index contributed by atoms with van der Waals surface area (Å²) in [6, 6.07) is 6.67. The molecule has 0 radical (unpaired) electrons. The van der Waals surface area contributed by atoms with Crippen molar-refractivity contribution in [2.24, 2.45) is 13.0 Å². The van der Waals surface area contributed by atoms with Gasteiger partial charge in [-0.3, -0.25) is 14.8 Å². The summed E-state index contributed by atoms with van der Waals surface area (Å²) in [5.41, 5.74) is 5.45. The topological polar surface area (TPSA) is 87.7 Å². The van der Waals surface area contributed by atoms with E-state index in [4.69, 9.17) is 9.72 Å². The second-order valence-electron chi connectivity index (χ2n) is 9.26. The number of fused-ring (bicyclic) bond motifs is 3. The van der Waals surface area contributed by atoms with Gasteiger partial charge in [0.25, 0.3) is 0 Å². The lowest BCUT2D eigenvalue weighted by Crippen LogP contribution is -2.28. The first-order valence-electron chi connectivity index (χ1n) is 11.9. The van der Waals surface area contributed by atoms with Crippen LogP contribution >= 0.6 is 11.3 Å². The molecule has 184 valence electrons. The highest BCUT2D eigenvalue weighted by Crippen LogP contribution is 2.43. The molecular formula is C26H25FN6O2S. The highest BCUT2D eigenvalue weighted by atomic mass is 32.1. The van der Waals surface area contributed by atoms with Crippen molar-refractivity contribution in [1.29, 1.82) is 0 Å². The van der Waals surface area contributed by atoms with E-state index in [0.29, 0.717) is 23.8 Å². The average Bonchev–Trinajstić information content (AvgIpc) is 3.54. The Labute approximate surface area is 210 Å². The van der Waals surface area contributed by atoms with Gasteiger partial charge in [-0.15, -0.1) is 16.4 Å². The van der Waals surface area contributed by atoms with E-state index in [-0.39, 0.29) is 23.6 Å². The first kappa shape index (κ1) is 22.9. The van der Waals surface area contributed by atoms with Gasteiger partial charge in [-0.25, -0.2) is 9.07 Å². The molecule has 0 N–H and O–H groups in total. The van der Waals surface area contributed by atoms with Gasteiger partial charge >= 0.3 is 0 Å². The largest absolute Gasteiger partial charge is 0.381 e. The minimum atomic E-state index is -0.382. The number of rotatable bonds is 5. The maximum Gasteiger partial charge on any atom is 0.169 e. The zero-order chi connectivity index (χ0) is 25.0. The number of nitrogens with zero attached hydrogens (tertiary/aromatic N) is 6. The maximum absolute atomic E-state index is 15.3. The molecule has 5 aromatic heterocycles. The van der Waals surface area contributed by atoms with Crippen LogP contribution in [0.1, 0.15) is 46.9 Å². The summed E-state index contributed by atoms with van der Waals surface area (Å²) in [6.45, 7) is 4.71. The fourth-order valence-electron chi connectivity index (χ4n) is 5.33. The standard InChI is InChI=1S/C26H25FN6O2S/c1-14-24(32(3)31-30-14)17-11-19-23(29-13-17)26-20(12-21(36-26)15(2)34)33(19)25(16-6-9-35-10-7-16)22-18(27)5-4-8-28-22/h4-5,8,11-13,16,25H,6-7,9-10H2,1-3H3. The summed E-state index contributed by atoms with van der Waals surface area (Å²) in [5.74, 6) is -0.246. The van der Waals surface area contributed by atoms with Gasteiger partial charge in [0.2, 0.25) is 0 Å². The molecule has 5 aromatic rings. The summed E-state index contributed by atoms with van der Waals surface area (Å²) in [6.07, 6.45) is 5.01. The van der Waals surface area contributed by atoms with Crippen LogP contribution in [0.15, 0.2) is 36.7 Å². The molecular weight excluding hydrogens is 479 g/mol. The van der Waals surface area contributed by atoms with Gasteiger partial charge in [0, 0.05) is 38.2 Å². The SMILES string of the molecule is CC(=O)c1cc2c(s1)c1ncc(-c3c(C)nnn3C)cc1n2C(c1ncccc1F)C1CCOCC1. The number of aromatic nitrogens is 6. The van der Waals surface area contributed by atoms with Gasteiger partial charge in [0.15, 0.2) is 5.78 Å². The summed E-state index contributed by atoms with van der Waals surface area (Å²) >= 11 is 1.43. The molecule has 0 spiro atoms. The van der Waals surface area contributed by atoms with Crippen LogP contribution in [-0.2, 0) is 11.8 Å². The van der Waals surface area contributed by atoms with Crippen LogP contribution in [0.4, 0.5) is 4.39 Å². The molecule has 0 saturated carbocycles. The maximum atomic E-state index is 15.3. The average molecular weight is 505 g/mol. The lowest BCUT2D eigenvalue weighted by atomic mass is 9.88. The van der Waals surface area contributed by atoms with Crippen molar-refractivity contribution in [3.8, 4) is 11.3 Å². The van der Waals surface area contributed by atoms with Crippen LogP contribution < -0.4 is 0 Å². The van der Waals surface area contributed by atoms with E-state index in [9.17, 15) is 4.79 Å². The Morgan fingerprint density at radius 3 is 2.72 bits per heavy atom. The minimum Gasteiger partial charge on any atom is -0.381 e. The molecule has 1 saturated heterocycles. The zero-order valence-corrected chi connectivity index (χ0v) is 21.0.